The first kappa shape index (κ1) is 28.8. The van der Waals surface area contributed by atoms with E-state index in [0.717, 1.165) is 52.1 Å². The highest BCUT2D eigenvalue weighted by Gasteiger charge is 2.32. The first-order chi connectivity index (χ1) is 13.7. The van der Waals surface area contributed by atoms with Crippen molar-refractivity contribution < 1.29 is 18.9 Å². The van der Waals surface area contributed by atoms with Crippen LogP contribution in [0.3, 0.4) is 0 Å². The Hall–Kier alpha value is -0.160. The van der Waals surface area contributed by atoms with Crippen molar-refractivity contribution in [1.29, 1.82) is 0 Å². The van der Waals surface area contributed by atoms with Crippen LogP contribution >= 0.6 is 0 Å². The monoisotopic (exact) mass is 416 g/mol. The second kappa shape index (κ2) is 17.5. The molecule has 0 rings (SSSR count). The lowest BCUT2D eigenvalue weighted by Crippen LogP contribution is -2.42. The van der Waals surface area contributed by atoms with Crippen LogP contribution in [-0.4, -0.2) is 52.9 Å². The van der Waals surface area contributed by atoms with E-state index < -0.39 is 0 Å². The van der Waals surface area contributed by atoms with E-state index in [4.69, 9.17) is 18.9 Å². The van der Waals surface area contributed by atoms with Crippen molar-refractivity contribution in [2.75, 3.05) is 52.9 Å². The smallest absolute Gasteiger partial charge is 0.0637 e. The van der Waals surface area contributed by atoms with Crippen LogP contribution in [0.25, 0.3) is 0 Å². The van der Waals surface area contributed by atoms with E-state index in [-0.39, 0.29) is 5.41 Å². The van der Waals surface area contributed by atoms with Crippen LogP contribution < -0.4 is 0 Å². The zero-order valence-corrected chi connectivity index (χ0v) is 20.9. The first-order valence-electron chi connectivity index (χ1n) is 12.0. The van der Waals surface area contributed by atoms with Crippen molar-refractivity contribution in [1.82, 2.24) is 0 Å². The molecule has 0 aliphatic rings. The average Bonchev–Trinajstić information content (AvgIpc) is 2.62. The highest BCUT2D eigenvalue weighted by Crippen LogP contribution is 2.22. The molecule has 0 unspecified atom stereocenters. The third-order valence-electron chi connectivity index (χ3n) is 4.99. The normalized spacial score (nSPS) is 12.8. The summed E-state index contributed by atoms with van der Waals surface area (Å²) in [5.41, 5.74) is -0.234. The Bertz CT molecular complexity index is 283. The standard InChI is InChI=1S/C25H52O4/c1-21(2)9-13-26-17-25(18-27-14-10-22(3)4,19-28-15-11-23(5)6)20-29-16-12-24(7)8/h21-24H,9-20H2,1-8H3. The van der Waals surface area contributed by atoms with Gasteiger partial charge in [-0.2, -0.15) is 0 Å². The maximum absolute atomic E-state index is 6.10. The molecule has 0 atom stereocenters. The molecule has 176 valence electrons. The van der Waals surface area contributed by atoms with Gasteiger partial charge in [-0.25, -0.2) is 0 Å². The molecule has 0 amide bonds. The number of rotatable bonds is 20. The predicted octanol–water partition coefficient (Wildman–Crippen LogP) is 6.22. The van der Waals surface area contributed by atoms with E-state index in [9.17, 15) is 0 Å². The van der Waals surface area contributed by atoms with E-state index in [1.54, 1.807) is 0 Å². The number of ether oxygens (including phenoxy) is 4. The predicted molar refractivity (Wildman–Crippen MR) is 124 cm³/mol. The fourth-order valence-electron chi connectivity index (χ4n) is 2.68. The fourth-order valence-corrected chi connectivity index (χ4v) is 2.68. The van der Waals surface area contributed by atoms with Gasteiger partial charge < -0.3 is 18.9 Å². The van der Waals surface area contributed by atoms with Crippen LogP contribution in [0.2, 0.25) is 0 Å². The first-order valence-corrected chi connectivity index (χ1v) is 12.0. The van der Waals surface area contributed by atoms with Crippen molar-refractivity contribution in [3.8, 4) is 0 Å². The summed E-state index contributed by atoms with van der Waals surface area (Å²) in [6.07, 6.45) is 4.30. The summed E-state index contributed by atoms with van der Waals surface area (Å²) in [4.78, 5) is 0. The van der Waals surface area contributed by atoms with Gasteiger partial charge in [-0.05, 0) is 49.4 Å². The molecule has 0 bridgehead atoms. The van der Waals surface area contributed by atoms with E-state index in [2.05, 4.69) is 55.4 Å². The second-order valence-electron chi connectivity index (χ2n) is 10.4. The Morgan fingerprint density at radius 3 is 0.793 bits per heavy atom. The Balaban J connectivity index is 4.86. The molecule has 0 aliphatic carbocycles. The van der Waals surface area contributed by atoms with Gasteiger partial charge in [0.05, 0.1) is 31.8 Å². The maximum Gasteiger partial charge on any atom is 0.0637 e. The van der Waals surface area contributed by atoms with E-state index in [1.807, 2.05) is 0 Å². The molecule has 0 fully saturated rings. The molecular formula is C25H52O4. The molecular weight excluding hydrogens is 364 g/mol. The number of hydrogen-bond donors (Lipinski definition) is 0. The molecule has 0 saturated carbocycles. The summed E-state index contributed by atoms with van der Waals surface area (Å²) >= 11 is 0. The van der Waals surface area contributed by atoms with Crippen LogP contribution in [0.1, 0.15) is 81.1 Å². The summed E-state index contributed by atoms with van der Waals surface area (Å²) in [5.74, 6) is 2.60. The summed E-state index contributed by atoms with van der Waals surface area (Å²) in [7, 11) is 0. The van der Waals surface area contributed by atoms with Crippen LogP contribution in [-0.2, 0) is 18.9 Å². The Labute approximate surface area is 182 Å². The van der Waals surface area contributed by atoms with Gasteiger partial charge in [0.25, 0.3) is 0 Å². The zero-order chi connectivity index (χ0) is 22.1. The van der Waals surface area contributed by atoms with Gasteiger partial charge in [0.15, 0.2) is 0 Å². The lowest BCUT2D eigenvalue weighted by Gasteiger charge is -2.33. The molecule has 0 aromatic rings. The highest BCUT2D eigenvalue weighted by atomic mass is 16.5. The van der Waals surface area contributed by atoms with Gasteiger partial charge in [-0.15, -0.1) is 0 Å². The third kappa shape index (κ3) is 18.3. The van der Waals surface area contributed by atoms with Crippen molar-refractivity contribution >= 4 is 0 Å². The fraction of sp³-hybridized carbons (Fsp3) is 1.00. The molecule has 0 heterocycles. The van der Waals surface area contributed by atoms with Crippen molar-refractivity contribution in [3.05, 3.63) is 0 Å². The van der Waals surface area contributed by atoms with Crippen LogP contribution in [0.15, 0.2) is 0 Å². The lowest BCUT2D eigenvalue weighted by molar-refractivity contribution is -0.109. The molecule has 4 heteroatoms. The average molecular weight is 417 g/mol. The van der Waals surface area contributed by atoms with Crippen molar-refractivity contribution in [3.63, 3.8) is 0 Å². The van der Waals surface area contributed by atoms with E-state index >= 15 is 0 Å². The van der Waals surface area contributed by atoms with Gasteiger partial charge in [-0.3, -0.25) is 0 Å². The molecule has 0 aliphatic heterocycles. The molecule has 0 N–H and O–H groups in total. The summed E-state index contributed by atoms with van der Waals surface area (Å²) in [5, 5.41) is 0. The van der Waals surface area contributed by atoms with Gasteiger partial charge in [0, 0.05) is 26.4 Å². The Kier molecular flexibility index (Phi) is 17.4. The summed E-state index contributed by atoms with van der Waals surface area (Å²) < 4.78 is 24.4. The van der Waals surface area contributed by atoms with Crippen LogP contribution in [0, 0.1) is 29.1 Å². The minimum atomic E-state index is -0.234. The third-order valence-corrected chi connectivity index (χ3v) is 4.99. The second-order valence-corrected chi connectivity index (χ2v) is 10.4. The Morgan fingerprint density at radius 1 is 0.414 bits per heavy atom. The van der Waals surface area contributed by atoms with Gasteiger partial charge in [0.1, 0.15) is 0 Å². The highest BCUT2D eigenvalue weighted by molar-refractivity contribution is 4.80. The van der Waals surface area contributed by atoms with Gasteiger partial charge in [0.2, 0.25) is 0 Å². The minimum absolute atomic E-state index is 0.234. The molecule has 0 spiro atoms. The topological polar surface area (TPSA) is 36.9 Å². The molecule has 0 saturated heterocycles. The van der Waals surface area contributed by atoms with Crippen molar-refractivity contribution in [2.45, 2.75) is 81.1 Å². The Morgan fingerprint density at radius 2 is 0.621 bits per heavy atom. The summed E-state index contributed by atoms with van der Waals surface area (Å²) in [6.45, 7) is 23.5. The molecule has 0 aromatic heterocycles. The van der Waals surface area contributed by atoms with Crippen LogP contribution in [0.4, 0.5) is 0 Å². The largest absolute Gasteiger partial charge is 0.381 e. The van der Waals surface area contributed by atoms with E-state index in [1.165, 1.54) is 0 Å². The van der Waals surface area contributed by atoms with Gasteiger partial charge in [-0.1, -0.05) is 55.4 Å². The number of hydrogen-bond acceptors (Lipinski definition) is 4. The lowest BCUT2D eigenvalue weighted by atomic mass is 9.92. The van der Waals surface area contributed by atoms with Gasteiger partial charge >= 0.3 is 0 Å². The minimum Gasteiger partial charge on any atom is -0.381 e. The van der Waals surface area contributed by atoms with Crippen LogP contribution in [0.5, 0.6) is 0 Å². The SMILES string of the molecule is CC(C)CCOCC(COCCC(C)C)(COCCC(C)C)COCCC(C)C. The molecule has 29 heavy (non-hydrogen) atoms. The summed E-state index contributed by atoms with van der Waals surface area (Å²) in [6, 6.07) is 0. The zero-order valence-electron chi connectivity index (χ0n) is 20.9. The molecule has 0 aromatic carbocycles. The molecule has 0 radical (unpaired) electrons. The maximum atomic E-state index is 6.10. The van der Waals surface area contributed by atoms with E-state index in [0.29, 0.717) is 50.1 Å². The van der Waals surface area contributed by atoms with Crippen molar-refractivity contribution in [2.24, 2.45) is 29.1 Å². The molecule has 4 nitrogen and oxygen atoms in total. The quantitative estimate of drug-likeness (QED) is 0.221.